The molecule has 0 fully saturated rings. The second-order valence-corrected chi connectivity index (χ2v) is 5.49. The van der Waals surface area contributed by atoms with Gasteiger partial charge in [-0.25, -0.2) is 9.07 Å². The van der Waals surface area contributed by atoms with Crippen LogP contribution in [0.2, 0.25) is 0 Å². The molecule has 0 saturated carbocycles. The molecule has 0 unspecified atom stereocenters. The number of halogens is 1. The van der Waals surface area contributed by atoms with Crippen molar-refractivity contribution in [3.63, 3.8) is 0 Å². The molecule has 0 aliphatic carbocycles. The van der Waals surface area contributed by atoms with E-state index in [-0.39, 0.29) is 22.6 Å². The van der Waals surface area contributed by atoms with Crippen molar-refractivity contribution < 1.29 is 9.18 Å². The standard InChI is InChI=1S/C14H15FN4O2S/c1-7-11(12(13(16)20)18-19(2)14(7)21)17-10-5-4-8(22-3)6-9(10)15/h4-6,17H,1-3H3,(H2,16,20). The summed E-state index contributed by atoms with van der Waals surface area (Å²) in [7, 11) is 1.42. The number of thioether (sulfide) groups is 1. The molecule has 2 aromatic rings. The Morgan fingerprint density at radius 2 is 2.14 bits per heavy atom. The number of carbonyl (C=O) groups is 1. The number of primary amides is 1. The number of nitrogens with one attached hydrogen (secondary N) is 1. The molecule has 1 aromatic carbocycles. The largest absolute Gasteiger partial charge is 0.364 e. The molecule has 0 aliphatic heterocycles. The molecule has 0 atom stereocenters. The zero-order valence-corrected chi connectivity index (χ0v) is 13.1. The molecule has 22 heavy (non-hydrogen) atoms. The third-order valence-electron chi connectivity index (χ3n) is 3.15. The Morgan fingerprint density at radius 1 is 1.45 bits per heavy atom. The highest BCUT2D eigenvalue weighted by Gasteiger charge is 2.18. The Labute approximate surface area is 130 Å². The Balaban J connectivity index is 2.56. The predicted octanol–water partition coefficient (Wildman–Crippen LogP) is 1.79. The Kier molecular flexibility index (Phi) is 4.51. The first-order valence-electron chi connectivity index (χ1n) is 6.33. The smallest absolute Gasteiger partial charge is 0.271 e. The molecule has 6 nitrogen and oxygen atoms in total. The monoisotopic (exact) mass is 322 g/mol. The van der Waals surface area contributed by atoms with Gasteiger partial charge in [0.2, 0.25) is 0 Å². The number of rotatable bonds is 4. The van der Waals surface area contributed by atoms with Crippen molar-refractivity contribution in [3.8, 4) is 0 Å². The second kappa shape index (κ2) is 6.18. The summed E-state index contributed by atoms with van der Waals surface area (Å²) in [6.45, 7) is 1.52. The lowest BCUT2D eigenvalue weighted by atomic mass is 10.2. The van der Waals surface area contributed by atoms with Crippen molar-refractivity contribution in [2.24, 2.45) is 12.8 Å². The molecule has 116 valence electrons. The molecule has 8 heteroatoms. The van der Waals surface area contributed by atoms with Crippen LogP contribution in [0.3, 0.4) is 0 Å². The van der Waals surface area contributed by atoms with Crippen molar-refractivity contribution in [1.82, 2.24) is 9.78 Å². The van der Waals surface area contributed by atoms with Crippen LogP contribution in [-0.2, 0) is 7.05 Å². The normalized spacial score (nSPS) is 10.5. The van der Waals surface area contributed by atoms with Gasteiger partial charge in [0.05, 0.1) is 11.4 Å². The van der Waals surface area contributed by atoms with Crippen LogP contribution in [0.4, 0.5) is 15.8 Å². The van der Waals surface area contributed by atoms with Gasteiger partial charge in [0.1, 0.15) is 5.82 Å². The average Bonchev–Trinajstić information content (AvgIpc) is 2.48. The number of benzene rings is 1. The first-order chi connectivity index (χ1) is 10.3. The summed E-state index contributed by atoms with van der Waals surface area (Å²) >= 11 is 1.41. The molecule has 1 aromatic heterocycles. The van der Waals surface area contributed by atoms with E-state index < -0.39 is 17.3 Å². The predicted molar refractivity (Wildman–Crippen MR) is 84.2 cm³/mol. The molecule has 3 N–H and O–H groups in total. The molecule has 0 saturated heterocycles. The third-order valence-corrected chi connectivity index (χ3v) is 3.87. The van der Waals surface area contributed by atoms with Crippen LogP contribution >= 0.6 is 11.8 Å². The van der Waals surface area contributed by atoms with Gasteiger partial charge >= 0.3 is 0 Å². The van der Waals surface area contributed by atoms with Gasteiger partial charge in [0.15, 0.2) is 5.69 Å². The molecule has 0 radical (unpaired) electrons. The van der Waals surface area contributed by atoms with Crippen LogP contribution in [0.1, 0.15) is 16.1 Å². The van der Waals surface area contributed by atoms with Crippen molar-refractivity contribution in [2.75, 3.05) is 11.6 Å². The number of nitrogens with two attached hydrogens (primary N) is 1. The van der Waals surface area contributed by atoms with E-state index in [4.69, 9.17) is 5.73 Å². The number of aryl methyl sites for hydroxylation is 1. The maximum atomic E-state index is 14.1. The van der Waals surface area contributed by atoms with Crippen LogP contribution in [0.5, 0.6) is 0 Å². The topological polar surface area (TPSA) is 90.0 Å². The number of hydrogen-bond acceptors (Lipinski definition) is 5. The molecule has 0 spiro atoms. The SMILES string of the molecule is CSc1ccc(Nc2c(C(N)=O)nn(C)c(=O)c2C)c(F)c1. The number of nitrogens with zero attached hydrogens (tertiary/aromatic N) is 2. The molecule has 1 amide bonds. The Bertz CT molecular complexity index is 804. The molecule has 2 rings (SSSR count). The summed E-state index contributed by atoms with van der Waals surface area (Å²) in [6, 6.07) is 4.62. The van der Waals surface area contributed by atoms with Crippen LogP contribution in [0, 0.1) is 12.7 Å². The zero-order valence-electron chi connectivity index (χ0n) is 12.3. The highest BCUT2D eigenvalue weighted by Crippen LogP contribution is 2.26. The quantitative estimate of drug-likeness (QED) is 0.838. The van der Waals surface area contributed by atoms with Crippen LogP contribution < -0.4 is 16.6 Å². The maximum Gasteiger partial charge on any atom is 0.271 e. The van der Waals surface area contributed by atoms with Gasteiger partial charge in [0.25, 0.3) is 11.5 Å². The first-order valence-corrected chi connectivity index (χ1v) is 7.56. The number of hydrogen-bond donors (Lipinski definition) is 2. The van der Waals surface area contributed by atoms with Gasteiger partial charge in [-0.3, -0.25) is 9.59 Å². The van der Waals surface area contributed by atoms with E-state index in [0.29, 0.717) is 0 Å². The van der Waals surface area contributed by atoms with Crippen LogP contribution in [0.25, 0.3) is 0 Å². The number of anilines is 2. The summed E-state index contributed by atoms with van der Waals surface area (Å²) in [5.74, 6) is -1.30. The Hall–Kier alpha value is -2.35. The van der Waals surface area contributed by atoms with Gasteiger partial charge in [-0.1, -0.05) is 0 Å². The lowest BCUT2D eigenvalue weighted by molar-refractivity contribution is 0.0994. The van der Waals surface area contributed by atoms with E-state index in [2.05, 4.69) is 10.4 Å². The fourth-order valence-corrected chi connectivity index (χ4v) is 2.38. The number of carbonyl (C=O) groups excluding carboxylic acids is 1. The maximum absolute atomic E-state index is 14.1. The summed E-state index contributed by atoms with van der Waals surface area (Å²) in [5.41, 5.74) is 5.26. The molecular formula is C14H15FN4O2S. The van der Waals surface area contributed by atoms with E-state index in [0.717, 1.165) is 9.58 Å². The third kappa shape index (κ3) is 2.96. The highest BCUT2D eigenvalue weighted by molar-refractivity contribution is 7.98. The van der Waals surface area contributed by atoms with E-state index in [9.17, 15) is 14.0 Å². The van der Waals surface area contributed by atoms with E-state index in [1.54, 1.807) is 6.07 Å². The van der Waals surface area contributed by atoms with Crippen molar-refractivity contribution in [3.05, 3.63) is 45.6 Å². The van der Waals surface area contributed by atoms with E-state index in [1.807, 2.05) is 6.26 Å². The van der Waals surface area contributed by atoms with Gasteiger partial charge < -0.3 is 11.1 Å². The van der Waals surface area contributed by atoms with Crippen LogP contribution in [0.15, 0.2) is 27.9 Å². The lowest BCUT2D eigenvalue weighted by Gasteiger charge is -2.14. The number of amides is 1. The summed E-state index contributed by atoms with van der Waals surface area (Å²) in [6.07, 6.45) is 1.84. The number of aromatic nitrogens is 2. The summed E-state index contributed by atoms with van der Waals surface area (Å²) < 4.78 is 15.1. The molecule has 0 aliphatic rings. The first kappa shape index (κ1) is 16.0. The van der Waals surface area contributed by atoms with E-state index in [1.165, 1.54) is 37.9 Å². The van der Waals surface area contributed by atoms with Gasteiger partial charge in [-0.05, 0) is 31.4 Å². The van der Waals surface area contributed by atoms with Crippen molar-refractivity contribution in [1.29, 1.82) is 0 Å². The fraction of sp³-hybridized carbons (Fsp3) is 0.214. The van der Waals surface area contributed by atoms with Crippen molar-refractivity contribution >= 4 is 29.0 Å². The molecule has 1 heterocycles. The van der Waals surface area contributed by atoms with E-state index >= 15 is 0 Å². The van der Waals surface area contributed by atoms with Crippen molar-refractivity contribution in [2.45, 2.75) is 11.8 Å². The fourth-order valence-electron chi connectivity index (χ4n) is 1.96. The lowest BCUT2D eigenvalue weighted by Crippen LogP contribution is -2.28. The summed E-state index contributed by atoms with van der Waals surface area (Å²) in [5, 5.41) is 6.58. The van der Waals surface area contributed by atoms with Gasteiger partial charge in [0, 0.05) is 17.5 Å². The Morgan fingerprint density at radius 3 is 2.68 bits per heavy atom. The van der Waals surface area contributed by atoms with Gasteiger partial charge in [-0.15, -0.1) is 11.8 Å². The van der Waals surface area contributed by atoms with Gasteiger partial charge in [-0.2, -0.15) is 5.10 Å². The second-order valence-electron chi connectivity index (χ2n) is 4.61. The molecular weight excluding hydrogens is 307 g/mol. The molecule has 0 bridgehead atoms. The minimum Gasteiger partial charge on any atom is -0.364 e. The zero-order chi connectivity index (χ0) is 16.4. The minimum atomic E-state index is -0.803. The summed E-state index contributed by atoms with van der Waals surface area (Å²) in [4.78, 5) is 24.2. The highest BCUT2D eigenvalue weighted by atomic mass is 32.2. The average molecular weight is 322 g/mol. The van der Waals surface area contributed by atoms with Crippen LogP contribution in [-0.4, -0.2) is 21.9 Å². The minimum absolute atomic E-state index is 0.117.